The molecule has 290 valence electrons. The van der Waals surface area contributed by atoms with Crippen molar-refractivity contribution in [3.05, 3.63) is 59.7 Å². The van der Waals surface area contributed by atoms with Gasteiger partial charge >= 0.3 is 30.2 Å². The Morgan fingerprint density at radius 2 is 1.11 bits per heavy atom. The monoisotopic (exact) mass is 738 g/mol. The van der Waals surface area contributed by atoms with Gasteiger partial charge in [0.15, 0.2) is 0 Å². The normalized spacial score (nSPS) is 17.5. The highest BCUT2D eigenvalue weighted by atomic mass is 16.6. The van der Waals surface area contributed by atoms with Gasteiger partial charge in [0.05, 0.1) is 14.2 Å². The van der Waals surface area contributed by atoms with Crippen LogP contribution in [0.3, 0.4) is 0 Å². The number of rotatable bonds is 5. The second-order valence-corrected chi connectivity index (χ2v) is 15.6. The number of benzene rings is 2. The molecular formula is C39H54N4O10. The van der Waals surface area contributed by atoms with Gasteiger partial charge in [-0.1, -0.05) is 48.5 Å². The standard InChI is InChI=1S/C27H32N2O6.C12H22N2O4/c1-26(2,3)35-25(32)29-15-13-27(14-16-29,23(30)33-4)28-24(31)34-17-22-20-11-7-5-9-18(20)19-10-6-8-12-21(19)22;1-11(2,3)18-10(16)14-7-5-12(13,6-8-14)9(15)17-4/h5-12,22H,13-17H2,1-4H3,(H,28,31);5-8,13H2,1-4H3. The molecule has 0 bridgehead atoms. The molecule has 0 atom stereocenters. The number of carbonyl (C=O) groups excluding carboxylic acids is 5. The number of ether oxygens (including phenoxy) is 5. The minimum atomic E-state index is -1.27. The number of fused-ring (bicyclic) bond motifs is 3. The summed E-state index contributed by atoms with van der Waals surface area (Å²) in [6, 6.07) is 16.2. The lowest BCUT2D eigenvalue weighted by molar-refractivity contribution is -0.150. The Morgan fingerprint density at radius 3 is 1.53 bits per heavy atom. The number of likely N-dealkylation sites (tertiary alicyclic amines) is 2. The third-order valence-electron chi connectivity index (χ3n) is 9.43. The number of hydrogen-bond donors (Lipinski definition) is 2. The summed E-state index contributed by atoms with van der Waals surface area (Å²) in [5.74, 6) is -1.07. The van der Waals surface area contributed by atoms with Crippen LogP contribution in [0.15, 0.2) is 48.5 Å². The van der Waals surface area contributed by atoms with Crippen molar-refractivity contribution in [1.82, 2.24) is 15.1 Å². The van der Waals surface area contributed by atoms with Crippen molar-refractivity contribution >= 4 is 30.2 Å². The van der Waals surface area contributed by atoms with Crippen LogP contribution in [-0.4, -0.2) is 109 Å². The summed E-state index contributed by atoms with van der Waals surface area (Å²) < 4.78 is 26.0. The van der Waals surface area contributed by atoms with Crippen LogP contribution in [0.25, 0.3) is 11.1 Å². The van der Waals surface area contributed by atoms with Gasteiger partial charge in [0.1, 0.15) is 28.9 Å². The summed E-state index contributed by atoms with van der Waals surface area (Å²) in [5, 5.41) is 2.75. The number of methoxy groups -OCH3 is 2. The van der Waals surface area contributed by atoms with Crippen molar-refractivity contribution in [2.24, 2.45) is 5.73 Å². The summed E-state index contributed by atoms with van der Waals surface area (Å²) in [4.78, 5) is 64.4. The summed E-state index contributed by atoms with van der Waals surface area (Å²) in [6.07, 6.45) is -0.334. The van der Waals surface area contributed by atoms with Crippen LogP contribution >= 0.6 is 0 Å². The smallest absolute Gasteiger partial charge is 0.410 e. The Hall–Kier alpha value is -4.85. The zero-order chi connectivity index (χ0) is 39.2. The van der Waals surface area contributed by atoms with Gasteiger partial charge < -0.3 is 44.5 Å². The lowest BCUT2D eigenvalue weighted by Crippen LogP contribution is -2.61. The van der Waals surface area contributed by atoms with E-state index in [0.717, 1.165) is 22.3 Å². The lowest BCUT2D eigenvalue weighted by atomic mass is 9.87. The molecule has 2 aliphatic heterocycles. The zero-order valence-corrected chi connectivity index (χ0v) is 32.1. The van der Waals surface area contributed by atoms with Crippen LogP contribution in [-0.2, 0) is 33.3 Å². The molecule has 0 aromatic heterocycles. The van der Waals surface area contributed by atoms with Crippen LogP contribution in [0.1, 0.15) is 84.3 Å². The average molecular weight is 739 g/mol. The maximum atomic E-state index is 12.9. The van der Waals surface area contributed by atoms with Crippen molar-refractivity contribution in [1.29, 1.82) is 0 Å². The van der Waals surface area contributed by atoms with Crippen LogP contribution < -0.4 is 11.1 Å². The number of nitrogens with zero attached hydrogens (tertiary/aromatic N) is 2. The second-order valence-electron chi connectivity index (χ2n) is 15.6. The van der Waals surface area contributed by atoms with E-state index >= 15 is 0 Å². The first-order valence-electron chi connectivity index (χ1n) is 17.9. The maximum Gasteiger partial charge on any atom is 0.410 e. The Labute approximate surface area is 311 Å². The topological polar surface area (TPSA) is 176 Å². The van der Waals surface area contributed by atoms with Crippen molar-refractivity contribution < 1.29 is 47.7 Å². The summed E-state index contributed by atoms with van der Waals surface area (Å²) in [5.41, 5.74) is 7.05. The lowest BCUT2D eigenvalue weighted by Gasteiger charge is -2.40. The summed E-state index contributed by atoms with van der Waals surface area (Å²) >= 11 is 0. The first-order valence-corrected chi connectivity index (χ1v) is 17.9. The highest BCUT2D eigenvalue weighted by Crippen LogP contribution is 2.44. The molecule has 0 unspecified atom stereocenters. The van der Waals surface area contributed by atoms with Gasteiger partial charge in [-0.05, 0) is 89.5 Å². The number of piperidine rings is 2. The predicted molar refractivity (Wildman–Crippen MR) is 196 cm³/mol. The number of esters is 2. The van der Waals surface area contributed by atoms with E-state index in [9.17, 15) is 24.0 Å². The highest BCUT2D eigenvalue weighted by Gasteiger charge is 2.46. The van der Waals surface area contributed by atoms with Crippen molar-refractivity contribution in [3.63, 3.8) is 0 Å². The third kappa shape index (κ3) is 10.2. The molecule has 2 aromatic rings. The molecule has 3 N–H and O–H groups in total. The van der Waals surface area contributed by atoms with E-state index in [2.05, 4.69) is 22.2 Å². The molecule has 0 radical (unpaired) electrons. The van der Waals surface area contributed by atoms with Crippen LogP contribution in [0, 0.1) is 0 Å². The number of amides is 3. The molecule has 2 aromatic carbocycles. The molecule has 14 heteroatoms. The molecule has 3 aliphatic rings. The zero-order valence-electron chi connectivity index (χ0n) is 32.1. The molecular weight excluding hydrogens is 684 g/mol. The molecule has 2 heterocycles. The van der Waals surface area contributed by atoms with Crippen LogP contribution in [0.5, 0.6) is 0 Å². The first kappa shape index (κ1) is 40.9. The quantitative estimate of drug-likeness (QED) is 0.299. The third-order valence-corrected chi connectivity index (χ3v) is 9.43. The van der Waals surface area contributed by atoms with Gasteiger partial charge in [-0.25, -0.2) is 19.2 Å². The van der Waals surface area contributed by atoms with Crippen molar-refractivity contribution in [2.45, 2.75) is 95.4 Å². The van der Waals surface area contributed by atoms with Crippen LogP contribution in [0.4, 0.5) is 14.4 Å². The van der Waals surface area contributed by atoms with Gasteiger partial charge in [0, 0.05) is 32.1 Å². The van der Waals surface area contributed by atoms with Gasteiger partial charge in [-0.2, -0.15) is 0 Å². The molecule has 1 aliphatic carbocycles. The van der Waals surface area contributed by atoms with E-state index in [1.807, 2.05) is 57.2 Å². The van der Waals surface area contributed by atoms with E-state index in [-0.39, 0.29) is 44.5 Å². The molecule has 2 saturated heterocycles. The molecule has 53 heavy (non-hydrogen) atoms. The minimum Gasteiger partial charge on any atom is -0.468 e. The Balaban J connectivity index is 0.000000294. The number of nitrogens with one attached hydrogen (secondary N) is 1. The highest BCUT2D eigenvalue weighted by molar-refractivity contribution is 5.86. The number of hydrogen-bond acceptors (Lipinski definition) is 11. The van der Waals surface area contributed by atoms with E-state index in [4.69, 9.17) is 24.7 Å². The molecule has 2 fully saturated rings. The van der Waals surface area contributed by atoms with Gasteiger partial charge in [0.25, 0.3) is 0 Å². The van der Waals surface area contributed by atoms with E-state index in [1.54, 1.807) is 25.7 Å². The fourth-order valence-corrected chi connectivity index (χ4v) is 6.63. The Bertz CT molecular complexity index is 1600. The SMILES string of the molecule is COC(=O)C1(N)CCN(C(=O)OC(C)(C)C)CC1.COC(=O)C1(NC(=O)OCC2c3ccccc3-c3ccccc32)CCN(C(=O)OC(C)(C)C)CC1. The molecule has 14 nitrogen and oxygen atoms in total. The van der Waals surface area contributed by atoms with Crippen LogP contribution in [0.2, 0.25) is 0 Å². The molecule has 0 saturated carbocycles. The predicted octanol–water partition coefficient (Wildman–Crippen LogP) is 5.36. The average Bonchev–Trinajstić information content (AvgIpc) is 3.42. The van der Waals surface area contributed by atoms with Gasteiger partial charge in [-0.3, -0.25) is 4.79 Å². The Kier molecular flexibility index (Phi) is 12.7. The summed E-state index contributed by atoms with van der Waals surface area (Å²) in [7, 11) is 2.60. The maximum absolute atomic E-state index is 12.9. The molecule has 0 spiro atoms. The van der Waals surface area contributed by atoms with E-state index < -0.39 is 46.4 Å². The summed E-state index contributed by atoms with van der Waals surface area (Å²) in [6.45, 7) is 12.3. The van der Waals surface area contributed by atoms with E-state index in [1.165, 1.54) is 19.1 Å². The number of nitrogens with two attached hydrogens (primary N) is 1. The van der Waals surface area contributed by atoms with Crippen molar-refractivity contribution in [2.75, 3.05) is 47.0 Å². The fraction of sp³-hybridized carbons (Fsp3) is 0.564. The minimum absolute atomic E-state index is 0.0868. The Morgan fingerprint density at radius 1 is 0.698 bits per heavy atom. The molecule has 5 rings (SSSR count). The van der Waals surface area contributed by atoms with E-state index in [0.29, 0.717) is 25.9 Å². The van der Waals surface area contributed by atoms with Gasteiger partial charge in [-0.15, -0.1) is 0 Å². The van der Waals surface area contributed by atoms with Crippen molar-refractivity contribution in [3.8, 4) is 11.1 Å². The van der Waals surface area contributed by atoms with Gasteiger partial charge in [0.2, 0.25) is 0 Å². The first-order chi connectivity index (χ1) is 24.8. The largest absolute Gasteiger partial charge is 0.468 e. The molecule has 3 amide bonds. The number of alkyl carbamates (subject to hydrolysis) is 1. The number of carbonyl (C=O) groups is 5. The fourth-order valence-electron chi connectivity index (χ4n) is 6.63. The second kappa shape index (κ2) is 16.4.